The summed E-state index contributed by atoms with van der Waals surface area (Å²) >= 11 is 3.79. The lowest BCUT2D eigenvalue weighted by atomic mass is 9.78. The van der Waals surface area contributed by atoms with Gasteiger partial charge in [-0.15, -0.1) is 0 Å². The normalized spacial score (nSPS) is 18.9. The highest BCUT2D eigenvalue weighted by molar-refractivity contribution is 8.00. The van der Waals surface area contributed by atoms with Crippen LogP contribution in [0.5, 0.6) is 0 Å². The second kappa shape index (κ2) is 51.8. The van der Waals surface area contributed by atoms with Crippen LogP contribution in [-0.4, -0.2) is 222 Å². The number of rotatable bonds is 45. The highest BCUT2D eigenvalue weighted by Crippen LogP contribution is 2.35. The van der Waals surface area contributed by atoms with Crippen molar-refractivity contribution in [2.45, 2.75) is 221 Å². The van der Waals surface area contributed by atoms with Crippen LogP contribution in [0.25, 0.3) is 0 Å². The summed E-state index contributed by atoms with van der Waals surface area (Å²) in [5, 5.41) is 48.8. The Hall–Kier alpha value is -5.24. The fraction of sp³-hybridized carbons (Fsp3) is 0.853. The lowest BCUT2D eigenvalue weighted by Gasteiger charge is -2.29. The number of urea groups is 2. The number of nitrogens with one attached hydrogen (secondary N) is 16. The van der Waals surface area contributed by atoms with Gasteiger partial charge in [0.25, 0.3) is 0 Å². The second-order valence-corrected chi connectivity index (χ2v) is 31.2. The van der Waals surface area contributed by atoms with Gasteiger partial charge in [0.05, 0.1) is 24.2 Å². The number of hydrogen-bond donors (Lipinski definition) is 18. The van der Waals surface area contributed by atoms with E-state index in [1.807, 2.05) is 120 Å². The fourth-order valence-electron chi connectivity index (χ4n) is 10.6. The first kappa shape index (κ1) is 90.8. The minimum Gasteiger partial charge on any atom is -0.356 e. The van der Waals surface area contributed by atoms with Crippen LogP contribution in [0.3, 0.4) is 0 Å². The molecule has 0 aliphatic carbocycles. The summed E-state index contributed by atoms with van der Waals surface area (Å²) in [5.41, 5.74) is 9.58. The first-order chi connectivity index (χ1) is 46.3. The van der Waals surface area contributed by atoms with Gasteiger partial charge in [-0.05, 0) is 79.1 Å². The molecule has 4 rings (SSSR count). The molecule has 0 bridgehead atoms. The smallest absolute Gasteiger partial charge is 0.315 e. The lowest BCUT2D eigenvalue weighted by molar-refractivity contribution is -0.133. The summed E-state index contributed by atoms with van der Waals surface area (Å²) in [7, 11) is 0. The van der Waals surface area contributed by atoms with Crippen LogP contribution >= 0.6 is 23.5 Å². The van der Waals surface area contributed by atoms with E-state index in [4.69, 9.17) is 11.5 Å². The van der Waals surface area contributed by atoms with Crippen LogP contribution in [-0.2, 0) is 38.4 Å². The Kier molecular flexibility index (Phi) is 48.0. The first-order valence-electron chi connectivity index (χ1n) is 36.2. The maximum absolute atomic E-state index is 13.3. The standard InChI is InChI=1S/C33H63N9O5S.C18H32N4O3S.C10H24N4O.C7H15NO/c1-22(2)40-29(44)23(3)19-24(30(45)38-18-17-36-16-15-35-14-11-34)20-33(4,5)31(46)39-13-8-12-37-27(43)10-7-6-9-26-28-25(21-48-26)41-32(47)42-28;1-18(2,3)16(24)20-10-6-9-19-14(23)8-5-4-7-13-15-12(11-26-13)21-17(25)22-15;1-9(2)10(15)14-8-7-13-6-5-12-4-3-11;1-5(2)7(9)8-6(3)4/h22-26,28,35-36H,6-21,34H2,1-5H3,(H,37,43)(H,38,45)(H,39,46)(H,40,44)(H2,41,42,47);12-13,15H,4-11H2,1-3H3,(H,19,23)(H,20,24)(H2,21,22,25);9,12-13H,3-8,11H2,1-2H3,(H,14,15);5-6H,1-4H3,(H,8,9)/t23?,24?,25-,26?,28-;12-,13?,15-;;/m11../s1. The van der Waals surface area contributed by atoms with Gasteiger partial charge in [0.2, 0.25) is 47.3 Å². The number of nitrogens with two attached hydrogens (primary N) is 2. The van der Waals surface area contributed by atoms with Crippen molar-refractivity contribution in [3.63, 3.8) is 0 Å². The molecule has 30 heteroatoms. The van der Waals surface area contributed by atoms with Crippen molar-refractivity contribution in [3.8, 4) is 0 Å². The Bertz CT molecular complexity index is 2340. The van der Waals surface area contributed by atoms with Crippen LogP contribution < -0.4 is 96.5 Å². The molecule has 4 heterocycles. The largest absolute Gasteiger partial charge is 0.356 e. The molecule has 0 radical (unpaired) electrons. The summed E-state index contributed by atoms with van der Waals surface area (Å²) in [6.07, 6.45) is 8.52. The van der Waals surface area contributed by atoms with Crippen LogP contribution in [0.2, 0.25) is 0 Å². The van der Waals surface area contributed by atoms with Crippen molar-refractivity contribution in [3.05, 3.63) is 0 Å². The summed E-state index contributed by atoms with van der Waals surface area (Å²) in [6.45, 7) is 37.1. The van der Waals surface area contributed by atoms with Gasteiger partial charge in [-0.1, -0.05) is 82.1 Å². The molecule has 568 valence electrons. The number of carbonyl (C=O) groups is 10. The molecular formula is C68H134N18O10S2. The quantitative estimate of drug-likeness (QED) is 0.0304. The highest BCUT2D eigenvalue weighted by Gasteiger charge is 2.44. The van der Waals surface area contributed by atoms with E-state index >= 15 is 0 Å². The Morgan fingerprint density at radius 2 is 0.837 bits per heavy atom. The van der Waals surface area contributed by atoms with E-state index in [1.165, 1.54) is 0 Å². The van der Waals surface area contributed by atoms with Gasteiger partial charge < -0.3 is 96.5 Å². The van der Waals surface area contributed by atoms with Gasteiger partial charge in [0.15, 0.2) is 0 Å². The zero-order chi connectivity index (χ0) is 73.6. The van der Waals surface area contributed by atoms with Gasteiger partial charge in [-0.3, -0.25) is 38.4 Å². The zero-order valence-corrected chi connectivity index (χ0v) is 63.8. The van der Waals surface area contributed by atoms with E-state index in [1.54, 1.807) is 0 Å². The fourth-order valence-corrected chi connectivity index (χ4v) is 13.7. The molecule has 28 nitrogen and oxygen atoms in total. The van der Waals surface area contributed by atoms with Crippen molar-refractivity contribution in [1.82, 2.24) is 85.1 Å². The minimum atomic E-state index is -0.846. The number of carbonyl (C=O) groups excluding carboxylic acids is 10. The number of unbranched alkanes of at least 4 members (excludes halogenated alkanes) is 2. The van der Waals surface area contributed by atoms with Crippen molar-refractivity contribution >= 4 is 82.8 Å². The van der Waals surface area contributed by atoms with E-state index < -0.39 is 17.3 Å². The molecule has 4 aliphatic rings. The highest BCUT2D eigenvalue weighted by atomic mass is 32.2. The number of thioether (sulfide) groups is 2. The first-order valence-corrected chi connectivity index (χ1v) is 38.3. The van der Waals surface area contributed by atoms with Gasteiger partial charge in [0.1, 0.15) is 0 Å². The molecule has 4 saturated heterocycles. The Labute approximate surface area is 596 Å². The van der Waals surface area contributed by atoms with Crippen LogP contribution in [0, 0.1) is 34.5 Å². The van der Waals surface area contributed by atoms with E-state index in [0.717, 1.165) is 102 Å². The summed E-state index contributed by atoms with van der Waals surface area (Å²) in [4.78, 5) is 120. The van der Waals surface area contributed by atoms with Gasteiger partial charge >= 0.3 is 12.1 Å². The van der Waals surface area contributed by atoms with E-state index in [0.29, 0.717) is 102 Å². The minimum absolute atomic E-state index is 0.00242. The average Bonchev–Trinajstić information content (AvgIpc) is 1.76. The van der Waals surface area contributed by atoms with Crippen molar-refractivity contribution in [1.29, 1.82) is 0 Å². The average molecular weight is 1430 g/mol. The van der Waals surface area contributed by atoms with Gasteiger partial charge in [-0.25, -0.2) is 9.59 Å². The topological polar surface area (TPSA) is 415 Å². The molecule has 12 amide bonds. The second-order valence-electron chi connectivity index (χ2n) is 28.6. The third-order valence-electron chi connectivity index (χ3n) is 16.3. The van der Waals surface area contributed by atoms with Crippen LogP contribution in [0.1, 0.15) is 174 Å². The maximum atomic E-state index is 13.3. The lowest BCUT2D eigenvalue weighted by Crippen LogP contribution is -2.44. The zero-order valence-electron chi connectivity index (χ0n) is 62.2. The molecule has 4 unspecified atom stereocenters. The Morgan fingerprint density at radius 1 is 0.449 bits per heavy atom. The third kappa shape index (κ3) is 42.1. The van der Waals surface area contributed by atoms with Crippen LogP contribution in [0.4, 0.5) is 9.59 Å². The molecule has 4 aliphatic heterocycles. The van der Waals surface area contributed by atoms with Crippen molar-refractivity contribution < 1.29 is 47.9 Å². The Morgan fingerprint density at radius 3 is 1.23 bits per heavy atom. The SMILES string of the molecule is CC(C)(C)C(=O)NCCCNC(=O)CCCCC1SC[C@H]2NC(=O)N[C@@H]12.CC(C)C(=O)NCCNCCNCCN.CC(C)NC(=O)C(C)C.CC(C)NC(=O)C(C)CC(CC(C)(C)C(=O)NCCCNC(=O)CCCCC1SC[C@H]2NC(=O)N[C@@H]12)C(=O)NCCNCCNCCN. The summed E-state index contributed by atoms with van der Waals surface area (Å²) in [6, 6.07) is 1.03. The molecule has 0 aromatic heterocycles. The van der Waals surface area contributed by atoms with E-state index in [2.05, 4.69) is 85.1 Å². The predicted molar refractivity (Wildman–Crippen MR) is 396 cm³/mol. The van der Waals surface area contributed by atoms with E-state index in [9.17, 15) is 47.9 Å². The van der Waals surface area contributed by atoms with Crippen LogP contribution in [0.15, 0.2) is 0 Å². The molecular weight excluding hydrogens is 1290 g/mol. The molecule has 98 heavy (non-hydrogen) atoms. The van der Waals surface area contributed by atoms with Gasteiger partial charge in [-0.2, -0.15) is 23.5 Å². The third-order valence-corrected chi connectivity index (χ3v) is 19.3. The van der Waals surface area contributed by atoms with Crippen molar-refractivity contribution in [2.24, 2.45) is 46.0 Å². The molecule has 4 fully saturated rings. The number of fused-ring (bicyclic) bond motifs is 2. The number of hydrogen-bond acceptors (Lipinski definition) is 18. The van der Waals surface area contributed by atoms with Gasteiger partial charge in [0, 0.05) is 186 Å². The van der Waals surface area contributed by atoms with E-state index in [-0.39, 0.29) is 113 Å². The Balaban J connectivity index is 0.000000791. The summed E-state index contributed by atoms with van der Waals surface area (Å²) in [5.74, 6) is 1.06. The molecule has 0 spiro atoms. The summed E-state index contributed by atoms with van der Waals surface area (Å²) < 4.78 is 0. The predicted octanol–water partition coefficient (Wildman–Crippen LogP) is 1.62. The molecule has 8 atom stereocenters. The monoisotopic (exact) mass is 1430 g/mol. The number of amides is 12. The van der Waals surface area contributed by atoms with Crippen molar-refractivity contribution in [2.75, 3.05) is 116 Å². The molecule has 0 aromatic carbocycles. The maximum Gasteiger partial charge on any atom is 0.315 e. The molecule has 0 aromatic rings. The molecule has 20 N–H and O–H groups in total. The molecule has 0 saturated carbocycles.